The maximum absolute atomic E-state index is 12.3. The van der Waals surface area contributed by atoms with E-state index in [2.05, 4.69) is 15.1 Å². The van der Waals surface area contributed by atoms with Gasteiger partial charge in [-0.3, -0.25) is 4.68 Å². The summed E-state index contributed by atoms with van der Waals surface area (Å²) in [4.78, 5) is 0.311. The molecule has 1 rings (SSSR count). The highest BCUT2D eigenvalue weighted by Gasteiger charge is 2.24. The first-order chi connectivity index (χ1) is 8.79. The van der Waals surface area contributed by atoms with Crippen molar-refractivity contribution in [1.29, 1.82) is 0 Å². The minimum absolute atomic E-state index is 0.128. The van der Waals surface area contributed by atoms with Crippen LogP contribution in [0.25, 0.3) is 0 Å². The fourth-order valence-corrected chi connectivity index (χ4v) is 3.72. The van der Waals surface area contributed by atoms with Gasteiger partial charge in [0.2, 0.25) is 10.0 Å². The highest BCUT2D eigenvalue weighted by atomic mass is 32.2. The van der Waals surface area contributed by atoms with Gasteiger partial charge < -0.3 is 5.32 Å². The highest BCUT2D eigenvalue weighted by Crippen LogP contribution is 2.19. The van der Waals surface area contributed by atoms with Gasteiger partial charge in [-0.2, -0.15) is 5.10 Å². The van der Waals surface area contributed by atoms with Gasteiger partial charge in [0.15, 0.2) is 0 Å². The van der Waals surface area contributed by atoms with Crippen molar-refractivity contribution in [3.63, 3.8) is 0 Å². The Kier molecular flexibility index (Phi) is 5.51. The molecule has 0 bridgehead atoms. The topological polar surface area (TPSA) is 76.0 Å². The second-order valence-electron chi connectivity index (χ2n) is 4.96. The first kappa shape index (κ1) is 16.1. The monoisotopic (exact) mass is 288 g/mol. The van der Waals surface area contributed by atoms with E-state index in [0.29, 0.717) is 22.8 Å². The molecule has 0 saturated heterocycles. The van der Waals surface area contributed by atoms with Gasteiger partial charge in [-0.15, -0.1) is 0 Å². The summed E-state index contributed by atoms with van der Waals surface area (Å²) < 4.78 is 28.9. The molecule has 1 aromatic heterocycles. The van der Waals surface area contributed by atoms with Crippen LogP contribution in [0.5, 0.6) is 0 Å². The van der Waals surface area contributed by atoms with Gasteiger partial charge in [-0.05, 0) is 47.7 Å². The van der Waals surface area contributed by atoms with Crippen molar-refractivity contribution in [2.75, 3.05) is 13.6 Å². The van der Waals surface area contributed by atoms with Crippen LogP contribution in [-0.2, 0) is 16.6 Å². The second-order valence-corrected chi connectivity index (χ2v) is 6.61. The van der Waals surface area contributed by atoms with Crippen molar-refractivity contribution in [2.45, 2.75) is 51.6 Å². The van der Waals surface area contributed by atoms with E-state index >= 15 is 0 Å². The molecule has 0 saturated carbocycles. The Morgan fingerprint density at radius 3 is 2.47 bits per heavy atom. The van der Waals surface area contributed by atoms with Gasteiger partial charge in [0.1, 0.15) is 4.90 Å². The zero-order valence-electron chi connectivity index (χ0n) is 12.3. The number of rotatable bonds is 7. The molecular weight excluding hydrogens is 264 g/mol. The van der Waals surface area contributed by atoms with E-state index in [1.165, 1.54) is 0 Å². The summed E-state index contributed by atoms with van der Waals surface area (Å²) in [7, 11) is -1.59. The van der Waals surface area contributed by atoms with Gasteiger partial charge in [0.25, 0.3) is 0 Å². The largest absolute Gasteiger partial charge is 0.320 e. The minimum atomic E-state index is -3.48. The van der Waals surface area contributed by atoms with E-state index in [9.17, 15) is 8.42 Å². The average molecular weight is 288 g/mol. The van der Waals surface area contributed by atoms with Crippen LogP contribution in [0.2, 0.25) is 0 Å². The fourth-order valence-electron chi connectivity index (χ4n) is 2.06. The molecule has 110 valence electrons. The third kappa shape index (κ3) is 4.02. The summed E-state index contributed by atoms with van der Waals surface area (Å²) in [6, 6.07) is -0.128. The number of nitrogens with zero attached hydrogens (tertiary/aromatic N) is 2. The molecule has 0 aliphatic carbocycles. The summed E-state index contributed by atoms with van der Waals surface area (Å²) in [6.45, 7) is 8.74. The zero-order chi connectivity index (χ0) is 14.6. The lowest BCUT2D eigenvalue weighted by molar-refractivity contribution is 0.545. The SMILES string of the molecule is CNCCCn1nc(C)c(S(=O)(=O)NC(C)C)c1C. The molecule has 0 spiro atoms. The van der Waals surface area contributed by atoms with E-state index in [0.717, 1.165) is 13.0 Å². The smallest absolute Gasteiger partial charge is 0.244 e. The van der Waals surface area contributed by atoms with Crippen LogP contribution < -0.4 is 10.0 Å². The number of hydrogen-bond donors (Lipinski definition) is 2. The van der Waals surface area contributed by atoms with Crippen LogP contribution in [0, 0.1) is 13.8 Å². The predicted molar refractivity (Wildman–Crippen MR) is 75.7 cm³/mol. The number of aromatic nitrogens is 2. The Balaban J connectivity index is 3.03. The van der Waals surface area contributed by atoms with E-state index in [4.69, 9.17) is 0 Å². The van der Waals surface area contributed by atoms with Gasteiger partial charge in [-0.1, -0.05) is 0 Å². The van der Waals surface area contributed by atoms with Crippen molar-refractivity contribution >= 4 is 10.0 Å². The highest BCUT2D eigenvalue weighted by molar-refractivity contribution is 7.89. The summed E-state index contributed by atoms with van der Waals surface area (Å²) in [5, 5.41) is 7.39. The molecule has 7 heteroatoms. The Morgan fingerprint density at radius 2 is 1.95 bits per heavy atom. The summed E-state index contributed by atoms with van der Waals surface area (Å²) in [5.41, 5.74) is 1.25. The molecule has 0 fully saturated rings. The van der Waals surface area contributed by atoms with E-state index in [1.54, 1.807) is 32.4 Å². The number of aryl methyl sites for hydroxylation is 2. The van der Waals surface area contributed by atoms with Crippen molar-refractivity contribution < 1.29 is 8.42 Å². The third-order valence-corrected chi connectivity index (χ3v) is 4.68. The van der Waals surface area contributed by atoms with Crippen molar-refractivity contribution in [3.05, 3.63) is 11.4 Å². The maximum atomic E-state index is 12.3. The van der Waals surface area contributed by atoms with Gasteiger partial charge in [0.05, 0.1) is 11.4 Å². The summed E-state index contributed by atoms with van der Waals surface area (Å²) in [5.74, 6) is 0. The molecule has 0 aliphatic heterocycles. The normalized spacial score (nSPS) is 12.3. The predicted octanol–water partition coefficient (Wildman–Crippen LogP) is 0.796. The van der Waals surface area contributed by atoms with E-state index in [-0.39, 0.29) is 6.04 Å². The van der Waals surface area contributed by atoms with E-state index < -0.39 is 10.0 Å². The Morgan fingerprint density at radius 1 is 1.32 bits per heavy atom. The average Bonchev–Trinajstić information content (AvgIpc) is 2.53. The summed E-state index contributed by atoms with van der Waals surface area (Å²) >= 11 is 0. The number of nitrogens with one attached hydrogen (secondary N) is 2. The summed E-state index contributed by atoms with van der Waals surface area (Å²) in [6.07, 6.45) is 0.912. The molecule has 0 amide bonds. The molecular formula is C12H24N4O2S. The standard InChI is InChI=1S/C12H24N4O2S/c1-9(2)15-19(17,18)12-10(3)14-16(11(12)4)8-6-7-13-5/h9,13,15H,6-8H2,1-5H3. The quantitative estimate of drug-likeness (QED) is 0.728. The van der Waals surface area contributed by atoms with Crippen LogP contribution in [0.3, 0.4) is 0 Å². The number of hydrogen-bond acceptors (Lipinski definition) is 4. The van der Waals surface area contributed by atoms with Gasteiger partial charge in [0, 0.05) is 12.6 Å². The lowest BCUT2D eigenvalue weighted by Crippen LogP contribution is -2.31. The molecule has 1 aromatic rings. The first-order valence-electron chi connectivity index (χ1n) is 6.50. The van der Waals surface area contributed by atoms with Crippen molar-refractivity contribution in [3.8, 4) is 0 Å². The lowest BCUT2D eigenvalue weighted by atomic mass is 10.4. The molecule has 0 radical (unpaired) electrons. The zero-order valence-corrected chi connectivity index (χ0v) is 13.1. The third-order valence-electron chi connectivity index (χ3n) is 2.77. The molecule has 0 aromatic carbocycles. The molecule has 2 N–H and O–H groups in total. The van der Waals surface area contributed by atoms with Crippen LogP contribution in [0.1, 0.15) is 31.7 Å². The fraction of sp³-hybridized carbons (Fsp3) is 0.750. The van der Waals surface area contributed by atoms with Crippen LogP contribution in [0.15, 0.2) is 4.90 Å². The van der Waals surface area contributed by atoms with Crippen molar-refractivity contribution in [2.24, 2.45) is 0 Å². The molecule has 6 nitrogen and oxygen atoms in total. The van der Waals surface area contributed by atoms with E-state index in [1.807, 2.05) is 7.05 Å². The Labute approximate surface area is 115 Å². The molecule has 0 aliphatic rings. The second kappa shape index (κ2) is 6.49. The first-order valence-corrected chi connectivity index (χ1v) is 7.99. The van der Waals surface area contributed by atoms with Gasteiger partial charge >= 0.3 is 0 Å². The molecule has 0 unspecified atom stereocenters. The Hall–Kier alpha value is -0.920. The van der Waals surface area contributed by atoms with Crippen molar-refractivity contribution in [1.82, 2.24) is 19.8 Å². The minimum Gasteiger partial charge on any atom is -0.320 e. The van der Waals surface area contributed by atoms with Gasteiger partial charge in [-0.25, -0.2) is 13.1 Å². The number of sulfonamides is 1. The Bertz CT molecular complexity index is 520. The van der Waals surface area contributed by atoms with Crippen LogP contribution in [0.4, 0.5) is 0 Å². The van der Waals surface area contributed by atoms with Crippen LogP contribution in [-0.4, -0.2) is 37.8 Å². The molecule has 19 heavy (non-hydrogen) atoms. The molecule has 1 heterocycles. The lowest BCUT2D eigenvalue weighted by Gasteiger charge is -2.10. The molecule has 0 atom stereocenters. The van der Waals surface area contributed by atoms with Crippen LogP contribution >= 0.6 is 0 Å². The maximum Gasteiger partial charge on any atom is 0.244 e.